The average molecular weight is 354 g/mol. The summed E-state index contributed by atoms with van der Waals surface area (Å²) in [5, 5.41) is 13.3. The van der Waals surface area contributed by atoms with Gasteiger partial charge in [-0.2, -0.15) is 0 Å². The smallest absolute Gasteiger partial charge is 0.323 e. The molecule has 134 valence electrons. The van der Waals surface area contributed by atoms with Gasteiger partial charge in [-0.25, -0.2) is 0 Å². The molecule has 2 bridgehead atoms. The highest BCUT2D eigenvalue weighted by Crippen LogP contribution is 2.61. The predicted molar refractivity (Wildman–Crippen MR) is 89.0 cm³/mol. The summed E-state index contributed by atoms with van der Waals surface area (Å²) in [5.74, 6) is -2.87. The van der Waals surface area contributed by atoms with E-state index in [9.17, 15) is 14.4 Å². The molecule has 2 saturated carbocycles. The van der Waals surface area contributed by atoms with Crippen molar-refractivity contribution in [1.29, 1.82) is 0 Å². The molecule has 5 rings (SSSR count). The minimum absolute atomic E-state index is 0.00881. The van der Waals surface area contributed by atoms with Crippen LogP contribution in [0.25, 0.3) is 0 Å². The Morgan fingerprint density at radius 1 is 1.15 bits per heavy atom. The van der Waals surface area contributed by atoms with Gasteiger partial charge in [0.25, 0.3) is 0 Å². The zero-order valence-corrected chi connectivity index (χ0v) is 14.2. The van der Waals surface area contributed by atoms with Gasteiger partial charge < -0.3 is 9.94 Å². The number of carboxylic acids is 1. The lowest BCUT2D eigenvalue weighted by atomic mass is 9.71. The third-order valence-electron chi connectivity index (χ3n) is 6.42. The Hall–Kier alpha value is -2.70. The first-order chi connectivity index (χ1) is 12.5. The SMILES string of the molecule is Cc1ccc(C2=NO[C@@H]3[C@@H]4C[C@@H]([C@H]5C(=O)N(CC(=O)O)C(=O)[C@@H]45)[C@H]23)cc1. The second-order valence-corrected chi connectivity index (χ2v) is 7.71. The van der Waals surface area contributed by atoms with Crippen LogP contribution in [-0.4, -0.2) is 46.2 Å². The van der Waals surface area contributed by atoms with Gasteiger partial charge in [0.15, 0.2) is 0 Å². The number of carbonyl (C=O) groups is 3. The second-order valence-electron chi connectivity index (χ2n) is 7.71. The summed E-state index contributed by atoms with van der Waals surface area (Å²) in [6.45, 7) is 1.46. The second kappa shape index (κ2) is 5.16. The summed E-state index contributed by atoms with van der Waals surface area (Å²) >= 11 is 0. The first-order valence-corrected chi connectivity index (χ1v) is 8.85. The summed E-state index contributed by atoms with van der Waals surface area (Å²) in [6, 6.07) is 8.03. The van der Waals surface area contributed by atoms with Crippen LogP contribution in [0.1, 0.15) is 17.5 Å². The van der Waals surface area contributed by atoms with E-state index in [1.165, 1.54) is 0 Å². The molecule has 0 spiro atoms. The summed E-state index contributed by atoms with van der Waals surface area (Å²) in [5.41, 5.74) is 2.97. The summed E-state index contributed by atoms with van der Waals surface area (Å²) in [4.78, 5) is 43.0. The lowest BCUT2D eigenvalue weighted by Gasteiger charge is -2.29. The van der Waals surface area contributed by atoms with E-state index < -0.39 is 24.3 Å². The van der Waals surface area contributed by atoms with Gasteiger partial charge in [-0.05, 0) is 24.8 Å². The molecule has 1 aromatic carbocycles. The maximum Gasteiger partial charge on any atom is 0.323 e. The third kappa shape index (κ3) is 1.88. The molecule has 7 heteroatoms. The summed E-state index contributed by atoms with van der Waals surface area (Å²) < 4.78 is 0. The van der Waals surface area contributed by atoms with Crippen LogP contribution in [0.4, 0.5) is 0 Å². The van der Waals surface area contributed by atoms with Gasteiger partial charge in [0.05, 0.1) is 17.5 Å². The van der Waals surface area contributed by atoms with Crippen molar-refractivity contribution in [2.24, 2.45) is 34.7 Å². The Balaban J connectivity index is 1.47. The van der Waals surface area contributed by atoms with Gasteiger partial charge in [0.2, 0.25) is 11.8 Å². The fraction of sp³-hybridized carbons (Fsp3) is 0.474. The van der Waals surface area contributed by atoms with Crippen molar-refractivity contribution in [3.8, 4) is 0 Å². The number of benzene rings is 1. The van der Waals surface area contributed by atoms with Crippen LogP contribution in [-0.2, 0) is 19.2 Å². The number of aryl methyl sites for hydroxylation is 1. The molecule has 2 amide bonds. The number of aliphatic carboxylic acids is 1. The van der Waals surface area contributed by atoms with Crippen LogP contribution < -0.4 is 0 Å². The van der Waals surface area contributed by atoms with Gasteiger partial charge in [-0.1, -0.05) is 35.0 Å². The molecule has 26 heavy (non-hydrogen) atoms. The molecule has 4 aliphatic rings. The number of hydrogen-bond acceptors (Lipinski definition) is 5. The molecular formula is C19H18N2O5. The van der Waals surface area contributed by atoms with Gasteiger partial charge in [0.1, 0.15) is 12.6 Å². The summed E-state index contributed by atoms with van der Waals surface area (Å²) in [7, 11) is 0. The zero-order valence-electron chi connectivity index (χ0n) is 14.2. The number of nitrogens with zero attached hydrogens (tertiary/aromatic N) is 2. The maximum atomic E-state index is 12.8. The van der Waals surface area contributed by atoms with Crippen molar-refractivity contribution in [3.63, 3.8) is 0 Å². The average Bonchev–Trinajstić information content (AvgIpc) is 3.32. The standard InChI is InChI=1S/C19H18N2O5/c1-8-2-4-9(5-3-8)16-15-10-6-11(17(15)26-20-16)14-13(10)18(24)21(19(14)25)7-12(22)23/h2-5,10-11,13-15,17H,6-7H2,1H3,(H,22,23)/t10-,11+,13+,14-,15+,17+/m0/s1. The van der Waals surface area contributed by atoms with Crippen molar-refractivity contribution in [1.82, 2.24) is 4.90 Å². The fourth-order valence-corrected chi connectivity index (χ4v) is 5.44. The maximum absolute atomic E-state index is 12.8. The van der Waals surface area contributed by atoms with Crippen LogP contribution in [0.2, 0.25) is 0 Å². The van der Waals surface area contributed by atoms with Gasteiger partial charge >= 0.3 is 5.97 Å². The number of imide groups is 1. The molecule has 0 radical (unpaired) electrons. The number of fused-ring (bicyclic) bond motifs is 8. The number of hydrogen-bond donors (Lipinski definition) is 1. The zero-order chi connectivity index (χ0) is 18.2. The quantitative estimate of drug-likeness (QED) is 0.819. The highest BCUT2D eigenvalue weighted by Gasteiger charge is 2.70. The van der Waals surface area contributed by atoms with E-state index in [1.54, 1.807) is 0 Å². The van der Waals surface area contributed by atoms with Gasteiger partial charge in [0, 0.05) is 11.8 Å². The number of oxime groups is 1. The van der Waals surface area contributed by atoms with E-state index >= 15 is 0 Å². The molecule has 2 aliphatic heterocycles. The number of amides is 2. The Morgan fingerprint density at radius 2 is 1.81 bits per heavy atom. The molecule has 2 aliphatic carbocycles. The van der Waals surface area contributed by atoms with E-state index in [4.69, 9.17) is 9.94 Å². The summed E-state index contributed by atoms with van der Waals surface area (Å²) in [6.07, 6.45) is 0.563. The Labute approximate surface area is 149 Å². The number of carbonyl (C=O) groups excluding carboxylic acids is 2. The van der Waals surface area contributed by atoms with Crippen molar-refractivity contribution >= 4 is 23.5 Å². The van der Waals surface area contributed by atoms with Crippen LogP contribution in [0.5, 0.6) is 0 Å². The molecule has 1 aromatic rings. The van der Waals surface area contributed by atoms with Crippen molar-refractivity contribution in [2.45, 2.75) is 19.4 Å². The Bertz CT molecular complexity index is 861. The van der Waals surface area contributed by atoms with Crippen molar-refractivity contribution in [2.75, 3.05) is 6.54 Å². The first kappa shape index (κ1) is 15.5. The van der Waals surface area contributed by atoms with Crippen LogP contribution in [0.15, 0.2) is 29.4 Å². The molecule has 7 nitrogen and oxygen atoms in total. The minimum atomic E-state index is -1.17. The molecule has 3 fully saturated rings. The Morgan fingerprint density at radius 3 is 2.46 bits per heavy atom. The molecular weight excluding hydrogens is 336 g/mol. The van der Waals surface area contributed by atoms with Crippen LogP contribution in [0.3, 0.4) is 0 Å². The van der Waals surface area contributed by atoms with E-state index in [0.29, 0.717) is 0 Å². The molecule has 6 atom stereocenters. The normalized spacial score (nSPS) is 36.8. The third-order valence-corrected chi connectivity index (χ3v) is 6.42. The largest absolute Gasteiger partial charge is 0.480 e. The van der Waals surface area contributed by atoms with Gasteiger partial charge in [-0.3, -0.25) is 19.3 Å². The number of rotatable bonds is 3. The van der Waals surface area contributed by atoms with Gasteiger partial charge in [-0.15, -0.1) is 0 Å². The van der Waals surface area contributed by atoms with E-state index in [1.807, 2.05) is 31.2 Å². The minimum Gasteiger partial charge on any atom is -0.480 e. The molecule has 0 aromatic heterocycles. The lowest BCUT2D eigenvalue weighted by molar-refractivity contribution is -0.150. The molecule has 1 N–H and O–H groups in total. The van der Waals surface area contributed by atoms with E-state index in [0.717, 1.165) is 28.2 Å². The van der Waals surface area contributed by atoms with Crippen LogP contribution >= 0.6 is 0 Å². The van der Waals surface area contributed by atoms with E-state index in [-0.39, 0.29) is 35.7 Å². The first-order valence-electron chi connectivity index (χ1n) is 8.85. The molecule has 2 heterocycles. The number of likely N-dealkylation sites (tertiary alicyclic amines) is 1. The van der Waals surface area contributed by atoms with Crippen LogP contribution in [0, 0.1) is 36.5 Å². The highest BCUT2D eigenvalue weighted by atomic mass is 16.6. The monoisotopic (exact) mass is 354 g/mol. The predicted octanol–water partition coefficient (Wildman–Crippen LogP) is 1.05. The molecule has 0 unspecified atom stereocenters. The fourth-order valence-electron chi connectivity index (χ4n) is 5.44. The van der Waals surface area contributed by atoms with Crippen molar-refractivity contribution in [3.05, 3.63) is 35.4 Å². The van der Waals surface area contributed by atoms with E-state index in [2.05, 4.69) is 5.16 Å². The topological polar surface area (TPSA) is 96.3 Å². The number of carboxylic acid groups (broad SMARTS) is 1. The lowest BCUT2D eigenvalue weighted by Crippen LogP contribution is -2.41. The highest BCUT2D eigenvalue weighted by molar-refractivity contribution is 6.10. The Kier molecular flexibility index (Phi) is 3.08. The van der Waals surface area contributed by atoms with Crippen molar-refractivity contribution < 1.29 is 24.3 Å². The molecule has 1 saturated heterocycles.